The summed E-state index contributed by atoms with van der Waals surface area (Å²) in [5.41, 5.74) is -0.224. The average Bonchev–Trinajstić information content (AvgIpc) is 2.58. The predicted molar refractivity (Wildman–Crippen MR) is 47.7 cm³/mol. The lowest BCUT2D eigenvalue weighted by molar-refractivity contribution is -0.271. The fraction of sp³-hybridized carbons (Fsp3) is 1.00. The number of aliphatic hydroxyl groups excluding tert-OH is 1. The minimum Gasteiger partial charge on any atom is -0.394 e. The Morgan fingerprint density at radius 1 is 1.36 bits per heavy atom. The van der Waals surface area contributed by atoms with Gasteiger partial charge in [0.1, 0.15) is 11.7 Å². The first-order valence-corrected chi connectivity index (χ1v) is 5.16. The molecule has 3 heterocycles. The van der Waals surface area contributed by atoms with Gasteiger partial charge in [-0.15, -0.1) is 0 Å². The normalized spacial score (nSPS) is 58.3. The summed E-state index contributed by atoms with van der Waals surface area (Å²) in [6.45, 7) is 6.12. The molecule has 0 aromatic heterocycles. The molecular weight excluding hydrogens is 184 g/mol. The molecule has 2 unspecified atom stereocenters. The number of ether oxygens (including phenoxy) is 3. The lowest BCUT2D eigenvalue weighted by Crippen LogP contribution is -2.58. The summed E-state index contributed by atoms with van der Waals surface area (Å²) in [6.07, 6.45) is 0.0305. The van der Waals surface area contributed by atoms with Gasteiger partial charge in [-0.1, -0.05) is 6.92 Å². The molecule has 4 heteroatoms. The predicted octanol–water partition coefficient (Wildman–Crippen LogP) is 0.286. The van der Waals surface area contributed by atoms with Gasteiger partial charge in [-0.3, -0.25) is 0 Å². The van der Waals surface area contributed by atoms with E-state index in [2.05, 4.69) is 0 Å². The third kappa shape index (κ3) is 0.795. The Morgan fingerprint density at radius 3 is 2.50 bits per heavy atom. The second kappa shape index (κ2) is 2.32. The van der Waals surface area contributed by atoms with Gasteiger partial charge in [0.25, 0.3) is 0 Å². The Kier molecular flexibility index (Phi) is 1.51. The van der Waals surface area contributed by atoms with Crippen molar-refractivity contribution in [3.8, 4) is 0 Å². The van der Waals surface area contributed by atoms with E-state index in [1.54, 1.807) is 0 Å². The van der Waals surface area contributed by atoms with Gasteiger partial charge >= 0.3 is 0 Å². The summed E-state index contributed by atoms with van der Waals surface area (Å²) in [7, 11) is 0. The molecule has 0 saturated carbocycles. The molecule has 1 N–H and O–H groups in total. The van der Waals surface area contributed by atoms with E-state index in [1.807, 2.05) is 20.8 Å². The van der Waals surface area contributed by atoms with E-state index in [1.165, 1.54) is 0 Å². The summed E-state index contributed by atoms with van der Waals surface area (Å²) >= 11 is 0. The quantitative estimate of drug-likeness (QED) is 0.618. The zero-order chi connectivity index (χ0) is 10.1. The largest absolute Gasteiger partial charge is 0.394 e. The highest BCUT2D eigenvalue weighted by Crippen LogP contribution is 2.63. The molecule has 0 bridgehead atoms. The first-order valence-electron chi connectivity index (χ1n) is 5.16. The van der Waals surface area contributed by atoms with Crippen LogP contribution in [0.3, 0.4) is 0 Å². The molecule has 5 atom stereocenters. The van der Waals surface area contributed by atoms with Gasteiger partial charge in [0, 0.05) is 5.92 Å². The molecule has 0 radical (unpaired) electrons. The van der Waals surface area contributed by atoms with Crippen molar-refractivity contribution < 1.29 is 19.3 Å². The lowest BCUT2D eigenvalue weighted by atomic mass is 9.86. The zero-order valence-corrected chi connectivity index (χ0v) is 8.69. The first kappa shape index (κ1) is 9.09. The van der Waals surface area contributed by atoms with Crippen molar-refractivity contribution in [1.29, 1.82) is 0 Å². The third-order valence-electron chi connectivity index (χ3n) is 3.79. The standard InChI is InChI=1S/C10H16O4/c1-5-6(4-11)12-8-7(5)13-10(8)9(2,3)14-10/h5-8,11H,4H2,1-3H3/t5-,6-,7?,8+,10?/m0/s1. The Labute approximate surface area is 83.1 Å². The van der Waals surface area contributed by atoms with E-state index >= 15 is 0 Å². The van der Waals surface area contributed by atoms with E-state index in [0.29, 0.717) is 0 Å². The monoisotopic (exact) mass is 200 g/mol. The molecule has 3 fully saturated rings. The summed E-state index contributed by atoms with van der Waals surface area (Å²) < 4.78 is 17.1. The van der Waals surface area contributed by atoms with Gasteiger partial charge in [0.05, 0.1) is 18.8 Å². The van der Waals surface area contributed by atoms with E-state index in [-0.39, 0.29) is 36.4 Å². The van der Waals surface area contributed by atoms with Crippen LogP contribution in [0.4, 0.5) is 0 Å². The topological polar surface area (TPSA) is 51.2 Å². The van der Waals surface area contributed by atoms with E-state index < -0.39 is 5.79 Å². The number of hydrogen-bond donors (Lipinski definition) is 1. The maximum Gasteiger partial charge on any atom is 0.228 e. The summed E-state index contributed by atoms with van der Waals surface area (Å²) in [6, 6.07) is 0. The highest BCUT2D eigenvalue weighted by molar-refractivity contribution is 5.20. The molecule has 3 aliphatic heterocycles. The van der Waals surface area contributed by atoms with E-state index in [0.717, 1.165) is 0 Å². The van der Waals surface area contributed by atoms with Gasteiger partial charge in [-0.25, -0.2) is 0 Å². The maximum absolute atomic E-state index is 9.10. The number of fused-ring (bicyclic) bond motifs is 2. The average molecular weight is 200 g/mol. The van der Waals surface area contributed by atoms with Crippen LogP contribution in [0.15, 0.2) is 0 Å². The molecule has 3 rings (SSSR count). The van der Waals surface area contributed by atoms with Crippen molar-refractivity contribution in [2.24, 2.45) is 5.92 Å². The molecule has 1 spiro atoms. The molecular formula is C10H16O4. The fourth-order valence-electron chi connectivity index (χ4n) is 2.68. The molecule has 0 aromatic carbocycles. The molecule has 0 amide bonds. The van der Waals surface area contributed by atoms with Gasteiger partial charge in [-0.2, -0.15) is 0 Å². The van der Waals surface area contributed by atoms with Crippen LogP contribution in [0.2, 0.25) is 0 Å². The molecule has 80 valence electrons. The van der Waals surface area contributed by atoms with Crippen molar-refractivity contribution in [2.45, 2.75) is 50.5 Å². The SMILES string of the molecule is C[C@@H]1C2OC3(OC3(C)C)[C@@H]2O[C@H]1CO. The summed E-state index contributed by atoms with van der Waals surface area (Å²) in [5.74, 6) is -0.244. The van der Waals surface area contributed by atoms with Crippen molar-refractivity contribution in [1.82, 2.24) is 0 Å². The van der Waals surface area contributed by atoms with Crippen LogP contribution in [-0.4, -0.2) is 41.4 Å². The molecule has 0 aliphatic carbocycles. The van der Waals surface area contributed by atoms with Crippen molar-refractivity contribution >= 4 is 0 Å². The molecule has 3 saturated heterocycles. The van der Waals surface area contributed by atoms with Gasteiger partial charge in [0.2, 0.25) is 5.79 Å². The van der Waals surface area contributed by atoms with Crippen LogP contribution in [0, 0.1) is 5.92 Å². The van der Waals surface area contributed by atoms with Gasteiger partial charge in [0.15, 0.2) is 0 Å². The number of hydrogen-bond acceptors (Lipinski definition) is 4. The lowest BCUT2D eigenvalue weighted by Gasteiger charge is -2.39. The summed E-state index contributed by atoms with van der Waals surface area (Å²) in [4.78, 5) is 0. The summed E-state index contributed by atoms with van der Waals surface area (Å²) in [5, 5.41) is 9.10. The van der Waals surface area contributed by atoms with Crippen molar-refractivity contribution in [2.75, 3.05) is 6.61 Å². The number of aliphatic hydroxyl groups is 1. The van der Waals surface area contributed by atoms with E-state index in [9.17, 15) is 0 Å². The van der Waals surface area contributed by atoms with Crippen LogP contribution in [0.5, 0.6) is 0 Å². The highest BCUT2D eigenvalue weighted by Gasteiger charge is 2.81. The van der Waals surface area contributed by atoms with Gasteiger partial charge in [-0.05, 0) is 13.8 Å². The van der Waals surface area contributed by atoms with E-state index in [4.69, 9.17) is 19.3 Å². The van der Waals surface area contributed by atoms with Crippen LogP contribution < -0.4 is 0 Å². The first-order chi connectivity index (χ1) is 6.52. The van der Waals surface area contributed by atoms with Crippen LogP contribution in [0.1, 0.15) is 20.8 Å². The minimum absolute atomic E-state index is 0.0182. The van der Waals surface area contributed by atoms with Crippen molar-refractivity contribution in [3.05, 3.63) is 0 Å². The fourth-order valence-corrected chi connectivity index (χ4v) is 2.68. The Morgan fingerprint density at radius 2 is 2.00 bits per heavy atom. The van der Waals surface area contributed by atoms with Crippen molar-refractivity contribution in [3.63, 3.8) is 0 Å². The van der Waals surface area contributed by atoms with Crippen LogP contribution >= 0.6 is 0 Å². The zero-order valence-electron chi connectivity index (χ0n) is 8.69. The third-order valence-corrected chi connectivity index (χ3v) is 3.79. The molecule has 3 aliphatic rings. The Balaban J connectivity index is 1.78. The Hall–Kier alpha value is -0.160. The molecule has 0 aromatic rings. The molecule has 14 heavy (non-hydrogen) atoms. The van der Waals surface area contributed by atoms with Crippen LogP contribution in [0.25, 0.3) is 0 Å². The number of epoxide rings is 1. The Bertz CT molecular complexity index is 277. The van der Waals surface area contributed by atoms with Gasteiger partial charge < -0.3 is 19.3 Å². The maximum atomic E-state index is 9.10. The second-order valence-electron chi connectivity index (χ2n) is 5.00. The highest BCUT2D eigenvalue weighted by atomic mass is 16.9. The number of rotatable bonds is 1. The molecule has 4 nitrogen and oxygen atoms in total. The second-order valence-corrected chi connectivity index (χ2v) is 5.00. The smallest absolute Gasteiger partial charge is 0.228 e. The minimum atomic E-state index is -0.504. The van der Waals surface area contributed by atoms with Crippen LogP contribution in [-0.2, 0) is 14.2 Å².